The van der Waals surface area contributed by atoms with Crippen LogP contribution in [0.25, 0.3) is 0 Å². The Kier molecular flexibility index (Phi) is 4.78. The monoisotopic (exact) mass is 331 g/mol. The second-order valence-electron chi connectivity index (χ2n) is 5.22. The van der Waals surface area contributed by atoms with Crippen LogP contribution in [-0.4, -0.2) is 49.9 Å². The molecular weight excluding hydrogens is 314 g/mol. The first-order chi connectivity index (χ1) is 9.78. The van der Waals surface area contributed by atoms with Crippen LogP contribution < -0.4 is 4.74 Å². The molecule has 2 rings (SSSR count). The highest BCUT2D eigenvalue weighted by Gasteiger charge is 2.34. The molecule has 5 nitrogen and oxygen atoms in total. The number of halogens is 1. The molecule has 0 N–H and O–H groups in total. The maximum Gasteiger partial charge on any atom is 0.263 e. The second-order valence-corrected chi connectivity index (χ2v) is 7.89. The van der Waals surface area contributed by atoms with Crippen molar-refractivity contribution < 1.29 is 17.9 Å². The smallest absolute Gasteiger partial charge is 0.263 e. The maximum atomic E-state index is 12.3. The van der Waals surface area contributed by atoms with E-state index in [2.05, 4.69) is 0 Å². The van der Waals surface area contributed by atoms with Crippen LogP contribution in [0, 0.1) is 0 Å². The quantitative estimate of drug-likeness (QED) is 0.843. The minimum absolute atomic E-state index is 0.0269. The molecule has 1 aliphatic heterocycles. The molecule has 7 heteroatoms. The lowest BCUT2D eigenvalue weighted by atomic mass is 10.2. The summed E-state index contributed by atoms with van der Waals surface area (Å²) >= 11 is 5.86. The summed E-state index contributed by atoms with van der Waals surface area (Å²) in [6.07, 6.45) is -0.217. The zero-order chi connectivity index (χ0) is 15.6. The number of carbonyl (C=O) groups excluding carboxylic acids is 1. The van der Waals surface area contributed by atoms with Crippen molar-refractivity contribution in [2.75, 3.05) is 18.6 Å². The van der Waals surface area contributed by atoms with Gasteiger partial charge in [-0.2, -0.15) is 0 Å². The highest BCUT2D eigenvalue weighted by Crippen LogP contribution is 2.21. The van der Waals surface area contributed by atoms with E-state index in [1.807, 2.05) is 0 Å². The van der Waals surface area contributed by atoms with Crippen LogP contribution in [-0.2, 0) is 14.6 Å². The van der Waals surface area contributed by atoms with Gasteiger partial charge in [0.15, 0.2) is 15.9 Å². The van der Waals surface area contributed by atoms with Crippen molar-refractivity contribution in [2.24, 2.45) is 0 Å². The van der Waals surface area contributed by atoms with Crippen molar-refractivity contribution >= 4 is 27.3 Å². The van der Waals surface area contributed by atoms with Crippen molar-refractivity contribution in [1.82, 2.24) is 4.90 Å². The van der Waals surface area contributed by atoms with E-state index >= 15 is 0 Å². The van der Waals surface area contributed by atoms with Gasteiger partial charge in [-0.15, -0.1) is 0 Å². The average Bonchev–Trinajstić information content (AvgIpc) is 2.77. The minimum atomic E-state index is -3.02. The summed E-state index contributed by atoms with van der Waals surface area (Å²) in [6, 6.07) is 6.53. The molecular formula is C14H18ClNO4S. The first-order valence-electron chi connectivity index (χ1n) is 6.68. The SMILES string of the molecule is CC(Oc1cccc(Cl)c1)C(=O)N(C)C1CCS(=O)(=O)C1. The third kappa shape index (κ3) is 4.11. The van der Waals surface area contributed by atoms with E-state index in [1.54, 1.807) is 38.2 Å². The van der Waals surface area contributed by atoms with Crippen molar-refractivity contribution in [3.8, 4) is 5.75 Å². The summed E-state index contributed by atoms with van der Waals surface area (Å²) < 4.78 is 28.5. The van der Waals surface area contributed by atoms with Gasteiger partial charge >= 0.3 is 0 Å². The van der Waals surface area contributed by atoms with Gasteiger partial charge in [0, 0.05) is 18.1 Å². The first kappa shape index (κ1) is 16.1. The Morgan fingerprint density at radius 2 is 2.19 bits per heavy atom. The number of hydrogen-bond donors (Lipinski definition) is 0. The number of sulfone groups is 1. The molecule has 1 aliphatic rings. The van der Waals surface area contributed by atoms with E-state index in [4.69, 9.17) is 16.3 Å². The summed E-state index contributed by atoms with van der Waals surface area (Å²) in [5, 5.41) is 0.530. The van der Waals surface area contributed by atoms with Crippen LogP contribution in [0.1, 0.15) is 13.3 Å². The number of hydrogen-bond acceptors (Lipinski definition) is 4. The van der Waals surface area contributed by atoms with Crippen LogP contribution in [0.3, 0.4) is 0 Å². The Morgan fingerprint density at radius 3 is 2.76 bits per heavy atom. The van der Waals surface area contributed by atoms with Gasteiger partial charge in [0.1, 0.15) is 5.75 Å². The second kappa shape index (κ2) is 6.23. The molecule has 2 unspecified atom stereocenters. The van der Waals surface area contributed by atoms with Crippen LogP contribution in [0.15, 0.2) is 24.3 Å². The first-order valence-corrected chi connectivity index (χ1v) is 8.88. The van der Waals surface area contributed by atoms with Gasteiger partial charge in [-0.25, -0.2) is 8.42 Å². The third-order valence-electron chi connectivity index (χ3n) is 3.56. The van der Waals surface area contributed by atoms with Crippen molar-refractivity contribution in [3.63, 3.8) is 0 Å². The number of nitrogens with zero attached hydrogens (tertiary/aromatic N) is 1. The summed E-state index contributed by atoms with van der Waals surface area (Å²) in [7, 11) is -1.40. The third-order valence-corrected chi connectivity index (χ3v) is 5.55. The average molecular weight is 332 g/mol. The normalized spacial score (nSPS) is 21.8. The van der Waals surface area contributed by atoms with E-state index in [-0.39, 0.29) is 23.5 Å². The van der Waals surface area contributed by atoms with Crippen LogP contribution >= 0.6 is 11.6 Å². The minimum Gasteiger partial charge on any atom is -0.481 e. The predicted octanol–water partition coefficient (Wildman–Crippen LogP) is 1.75. The van der Waals surface area contributed by atoms with Crippen LogP contribution in [0.2, 0.25) is 5.02 Å². The Balaban J connectivity index is 1.99. The summed E-state index contributed by atoms with van der Waals surface area (Å²) in [5.41, 5.74) is 0. The Labute approximate surface area is 129 Å². The van der Waals surface area contributed by atoms with Gasteiger partial charge < -0.3 is 9.64 Å². The standard InChI is InChI=1S/C14H18ClNO4S/c1-10(20-13-5-3-4-11(15)8-13)14(17)16(2)12-6-7-21(18,19)9-12/h3-5,8,10,12H,6-7,9H2,1-2H3. The molecule has 21 heavy (non-hydrogen) atoms. The molecule has 1 fully saturated rings. The molecule has 116 valence electrons. The maximum absolute atomic E-state index is 12.3. The molecule has 0 aromatic heterocycles. The number of carbonyl (C=O) groups is 1. The van der Waals surface area contributed by atoms with E-state index in [0.717, 1.165) is 0 Å². The van der Waals surface area contributed by atoms with Gasteiger partial charge in [0.25, 0.3) is 5.91 Å². The van der Waals surface area contributed by atoms with Crippen molar-refractivity contribution in [2.45, 2.75) is 25.5 Å². The Bertz CT molecular complexity index is 632. The van der Waals surface area contributed by atoms with Crippen LogP contribution in [0.5, 0.6) is 5.75 Å². The molecule has 1 amide bonds. The van der Waals surface area contributed by atoms with Crippen LogP contribution in [0.4, 0.5) is 0 Å². The van der Waals surface area contributed by atoms with Gasteiger partial charge in [0.2, 0.25) is 0 Å². The molecule has 1 aromatic carbocycles. The molecule has 2 atom stereocenters. The van der Waals surface area contributed by atoms with E-state index in [0.29, 0.717) is 17.2 Å². The summed E-state index contributed by atoms with van der Waals surface area (Å²) in [4.78, 5) is 13.8. The van der Waals surface area contributed by atoms with E-state index in [9.17, 15) is 13.2 Å². The lowest BCUT2D eigenvalue weighted by Gasteiger charge is -2.26. The van der Waals surface area contributed by atoms with E-state index < -0.39 is 15.9 Å². The molecule has 0 saturated carbocycles. The number of rotatable bonds is 4. The lowest BCUT2D eigenvalue weighted by molar-refractivity contribution is -0.138. The molecule has 0 aliphatic carbocycles. The van der Waals surface area contributed by atoms with Gasteiger partial charge in [-0.3, -0.25) is 4.79 Å². The Hall–Kier alpha value is -1.27. The van der Waals surface area contributed by atoms with Gasteiger partial charge in [-0.1, -0.05) is 17.7 Å². The largest absolute Gasteiger partial charge is 0.481 e. The fourth-order valence-electron chi connectivity index (χ4n) is 2.34. The molecule has 1 aromatic rings. The van der Waals surface area contributed by atoms with Crippen molar-refractivity contribution in [1.29, 1.82) is 0 Å². The van der Waals surface area contributed by atoms with Gasteiger partial charge in [-0.05, 0) is 31.5 Å². The highest BCUT2D eigenvalue weighted by atomic mass is 35.5. The summed E-state index contributed by atoms with van der Waals surface area (Å²) in [5.74, 6) is 0.436. The molecule has 0 bridgehead atoms. The molecule has 1 saturated heterocycles. The van der Waals surface area contributed by atoms with E-state index in [1.165, 1.54) is 4.90 Å². The number of benzene rings is 1. The predicted molar refractivity (Wildman–Crippen MR) is 81.4 cm³/mol. The summed E-state index contributed by atoms with van der Waals surface area (Å²) in [6.45, 7) is 1.64. The van der Waals surface area contributed by atoms with Crippen molar-refractivity contribution in [3.05, 3.63) is 29.3 Å². The fraction of sp³-hybridized carbons (Fsp3) is 0.500. The number of ether oxygens (including phenoxy) is 1. The highest BCUT2D eigenvalue weighted by molar-refractivity contribution is 7.91. The molecule has 0 radical (unpaired) electrons. The molecule has 0 spiro atoms. The zero-order valence-electron chi connectivity index (χ0n) is 12.0. The van der Waals surface area contributed by atoms with Gasteiger partial charge in [0.05, 0.1) is 11.5 Å². The Morgan fingerprint density at radius 1 is 1.48 bits per heavy atom. The topological polar surface area (TPSA) is 63.7 Å². The lowest BCUT2D eigenvalue weighted by Crippen LogP contribution is -2.44. The number of amides is 1. The fourth-order valence-corrected chi connectivity index (χ4v) is 4.30. The number of likely N-dealkylation sites (N-methyl/N-ethyl adjacent to an activating group) is 1. The molecule has 1 heterocycles. The zero-order valence-corrected chi connectivity index (χ0v) is 13.5.